The van der Waals surface area contributed by atoms with Gasteiger partial charge in [0, 0.05) is 16.1 Å². The highest BCUT2D eigenvalue weighted by Gasteiger charge is 2.09. The second kappa shape index (κ2) is 9.63. The average molecular weight is 411 g/mol. The van der Waals surface area contributed by atoms with Gasteiger partial charge in [-0.05, 0) is 50.9 Å². The maximum absolute atomic E-state index is 13.1. The van der Waals surface area contributed by atoms with Crippen LogP contribution in [0.3, 0.4) is 0 Å². The number of carbonyl (C=O) groups excluding carboxylic acids is 1. The van der Waals surface area contributed by atoms with Crippen LogP contribution < -0.4 is 0 Å². The van der Waals surface area contributed by atoms with Crippen molar-refractivity contribution in [2.45, 2.75) is 13.8 Å². The zero-order valence-corrected chi connectivity index (χ0v) is 15.2. The Labute approximate surface area is 152 Å². The smallest absolute Gasteiger partial charge is 0.338 e. The van der Waals surface area contributed by atoms with Gasteiger partial charge in [0.15, 0.2) is 0 Å². The maximum atomic E-state index is 13.1. The molecule has 25 heavy (non-hydrogen) atoms. The molecule has 0 radical (unpaired) electrons. The fraction of sp³-hybridized carbons (Fsp3) is 0.176. The van der Waals surface area contributed by atoms with E-state index in [1.54, 1.807) is 26.0 Å². The molecule has 0 N–H and O–H groups in total. The molecule has 0 aliphatic heterocycles. The SMILES string of the molecule is C=Nc1ccc(C(=O)OCC)cc1F.Cc1cc(Br)ccc1[N+](=O)[O-]. The molecule has 0 atom stereocenters. The van der Waals surface area contributed by atoms with Crippen molar-refractivity contribution in [2.75, 3.05) is 6.61 Å². The molecular formula is C17H16BrFN2O4. The Morgan fingerprint density at radius 3 is 2.52 bits per heavy atom. The molecule has 0 saturated carbocycles. The fourth-order valence-corrected chi connectivity index (χ4v) is 2.28. The van der Waals surface area contributed by atoms with Gasteiger partial charge < -0.3 is 4.74 Å². The number of hydrogen-bond donors (Lipinski definition) is 0. The number of carbonyl (C=O) groups is 1. The number of nitrogens with zero attached hydrogens (tertiary/aromatic N) is 2. The van der Waals surface area contributed by atoms with E-state index in [1.165, 1.54) is 18.2 Å². The first-order valence-electron chi connectivity index (χ1n) is 7.14. The molecule has 0 unspecified atom stereocenters. The predicted octanol–water partition coefficient (Wildman–Crippen LogP) is 5.00. The standard InChI is InChI=1S/C10H10FNO2.C7H6BrNO2/c1-3-14-10(13)7-4-5-9(12-2)8(11)6-7;1-5-4-6(8)2-3-7(5)9(10)11/h4-6H,2-3H2,1H3;2-4H,1H3. The lowest BCUT2D eigenvalue weighted by Gasteiger charge is -2.02. The summed E-state index contributed by atoms with van der Waals surface area (Å²) in [5.74, 6) is -1.12. The number of halogens is 2. The van der Waals surface area contributed by atoms with Crippen molar-refractivity contribution in [1.82, 2.24) is 0 Å². The second-order valence-electron chi connectivity index (χ2n) is 4.73. The quantitative estimate of drug-likeness (QED) is 0.307. The zero-order chi connectivity index (χ0) is 19.0. The number of ether oxygens (including phenoxy) is 1. The third kappa shape index (κ3) is 6.07. The molecule has 0 heterocycles. The normalized spacial score (nSPS) is 9.60. The van der Waals surface area contributed by atoms with Crippen LogP contribution in [-0.4, -0.2) is 24.2 Å². The van der Waals surface area contributed by atoms with E-state index in [0.717, 1.165) is 10.5 Å². The summed E-state index contributed by atoms with van der Waals surface area (Å²) in [7, 11) is 0. The Kier molecular flexibility index (Phi) is 7.87. The molecule has 0 aliphatic rings. The lowest BCUT2D eigenvalue weighted by atomic mass is 10.2. The van der Waals surface area contributed by atoms with Crippen molar-refractivity contribution in [3.63, 3.8) is 0 Å². The lowest BCUT2D eigenvalue weighted by molar-refractivity contribution is -0.385. The van der Waals surface area contributed by atoms with E-state index in [4.69, 9.17) is 4.74 Å². The first-order valence-corrected chi connectivity index (χ1v) is 7.93. The lowest BCUT2D eigenvalue weighted by Crippen LogP contribution is -2.04. The molecule has 0 amide bonds. The number of rotatable bonds is 4. The summed E-state index contributed by atoms with van der Waals surface area (Å²) >= 11 is 3.22. The number of esters is 1. The Morgan fingerprint density at radius 1 is 1.36 bits per heavy atom. The van der Waals surface area contributed by atoms with E-state index in [0.29, 0.717) is 5.56 Å². The van der Waals surface area contributed by atoms with Gasteiger partial charge in [-0.1, -0.05) is 15.9 Å². The Morgan fingerprint density at radius 2 is 2.04 bits per heavy atom. The monoisotopic (exact) mass is 410 g/mol. The number of aliphatic imine (C=N–C) groups is 1. The van der Waals surface area contributed by atoms with E-state index in [9.17, 15) is 19.3 Å². The number of aryl methyl sites for hydroxylation is 1. The Balaban J connectivity index is 0.000000257. The average Bonchev–Trinajstić information content (AvgIpc) is 2.55. The molecule has 0 spiro atoms. The van der Waals surface area contributed by atoms with E-state index in [2.05, 4.69) is 27.6 Å². The zero-order valence-electron chi connectivity index (χ0n) is 13.7. The summed E-state index contributed by atoms with van der Waals surface area (Å²) in [6.45, 7) is 6.86. The van der Waals surface area contributed by atoms with Crippen LogP contribution in [0.25, 0.3) is 0 Å². The molecular weight excluding hydrogens is 395 g/mol. The minimum absolute atomic E-state index is 0.123. The van der Waals surface area contributed by atoms with Crippen molar-refractivity contribution >= 4 is 40.0 Å². The fourth-order valence-electron chi connectivity index (χ4n) is 1.80. The minimum Gasteiger partial charge on any atom is -0.462 e. The van der Waals surface area contributed by atoms with Gasteiger partial charge in [-0.3, -0.25) is 15.1 Å². The van der Waals surface area contributed by atoms with Crippen LogP contribution in [0.4, 0.5) is 15.8 Å². The van der Waals surface area contributed by atoms with Crippen molar-refractivity contribution in [2.24, 2.45) is 4.99 Å². The Bertz CT molecular complexity index is 796. The summed E-state index contributed by atoms with van der Waals surface area (Å²) in [6, 6.07) is 8.78. The highest BCUT2D eigenvalue weighted by molar-refractivity contribution is 9.10. The van der Waals surface area contributed by atoms with Crippen LogP contribution >= 0.6 is 15.9 Å². The van der Waals surface area contributed by atoms with E-state index in [1.807, 2.05) is 0 Å². The largest absolute Gasteiger partial charge is 0.462 e. The van der Waals surface area contributed by atoms with Crippen LogP contribution in [0.2, 0.25) is 0 Å². The van der Waals surface area contributed by atoms with Crippen LogP contribution in [-0.2, 0) is 4.74 Å². The summed E-state index contributed by atoms with van der Waals surface area (Å²) in [5, 5.41) is 10.3. The van der Waals surface area contributed by atoms with Crippen LogP contribution in [0, 0.1) is 22.9 Å². The summed E-state index contributed by atoms with van der Waals surface area (Å²) in [5.41, 5.74) is 1.13. The van der Waals surface area contributed by atoms with Crippen molar-refractivity contribution in [3.05, 3.63) is 67.9 Å². The molecule has 0 aliphatic carbocycles. The minimum atomic E-state index is -0.578. The third-order valence-corrected chi connectivity index (χ3v) is 3.48. The van der Waals surface area contributed by atoms with Gasteiger partial charge in [-0.2, -0.15) is 0 Å². The number of nitro groups is 1. The Hall–Kier alpha value is -2.61. The predicted molar refractivity (Wildman–Crippen MR) is 97.1 cm³/mol. The van der Waals surface area contributed by atoms with Crippen molar-refractivity contribution in [1.29, 1.82) is 0 Å². The molecule has 132 valence electrons. The van der Waals surface area contributed by atoms with Crippen LogP contribution in [0.15, 0.2) is 45.9 Å². The van der Waals surface area contributed by atoms with Gasteiger partial charge in [0.05, 0.1) is 22.8 Å². The number of nitro benzene ring substituents is 1. The maximum Gasteiger partial charge on any atom is 0.338 e. The molecule has 2 rings (SSSR count). The van der Waals surface area contributed by atoms with E-state index in [-0.39, 0.29) is 28.5 Å². The molecule has 6 nitrogen and oxygen atoms in total. The molecule has 8 heteroatoms. The molecule has 0 fully saturated rings. The summed E-state index contributed by atoms with van der Waals surface area (Å²) < 4.78 is 18.7. The molecule has 0 bridgehead atoms. The van der Waals surface area contributed by atoms with Crippen molar-refractivity contribution < 1.29 is 18.8 Å². The number of hydrogen-bond acceptors (Lipinski definition) is 5. The van der Waals surface area contributed by atoms with Crippen molar-refractivity contribution in [3.8, 4) is 0 Å². The van der Waals surface area contributed by atoms with Gasteiger partial charge >= 0.3 is 5.97 Å². The second-order valence-corrected chi connectivity index (χ2v) is 5.65. The molecule has 0 aromatic heterocycles. The molecule has 2 aromatic carbocycles. The van der Waals surface area contributed by atoms with Gasteiger partial charge in [-0.15, -0.1) is 0 Å². The first kappa shape index (κ1) is 20.4. The van der Waals surface area contributed by atoms with Gasteiger partial charge in [0.2, 0.25) is 0 Å². The van der Waals surface area contributed by atoms with Crippen LogP contribution in [0.1, 0.15) is 22.8 Å². The topological polar surface area (TPSA) is 81.8 Å². The molecule has 2 aromatic rings. The molecule has 0 saturated heterocycles. The summed E-state index contributed by atoms with van der Waals surface area (Å²) in [4.78, 5) is 24.5. The van der Waals surface area contributed by atoms with E-state index >= 15 is 0 Å². The first-order chi connectivity index (χ1) is 11.8. The van der Waals surface area contributed by atoms with E-state index < -0.39 is 11.8 Å². The number of benzene rings is 2. The highest BCUT2D eigenvalue weighted by atomic mass is 79.9. The van der Waals surface area contributed by atoms with Gasteiger partial charge in [0.1, 0.15) is 5.82 Å². The third-order valence-electron chi connectivity index (χ3n) is 2.98. The van der Waals surface area contributed by atoms with Gasteiger partial charge in [-0.25, -0.2) is 9.18 Å². The summed E-state index contributed by atoms with van der Waals surface area (Å²) in [6.07, 6.45) is 0. The van der Waals surface area contributed by atoms with Gasteiger partial charge in [0.25, 0.3) is 5.69 Å². The van der Waals surface area contributed by atoms with Crippen LogP contribution in [0.5, 0.6) is 0 Å². The highest BCUT2D eigenvalue weighted by Crippen LogP contribution is 2.21.